The Morgan fingerprint density at radius 1 is 0.933 bits per heavy atom. The summed E-state index contributed by atoms with van der Waals surface area (Å²) in [7, 11) is 1.66. The maximum absolute atomic E-state index is 13.0. The molecule has 4 heteroatoms. The summed E-state index contributed by atoms with van der Waals surface area (Å²) in [5.41, 5.74) is 3.89. The molecule has 3 rings (SSSR count). The van der Waals surface area contributed by atoms with E-state index in [4.69, 9.17) is 9.47 Å². The second-order valence-electron chi connectivity index (χ2n) is 7.60. The lowest BCUT2D eigenvalue weighted by molar-refractivity contribution is -0.116. The Labute approximate surface area is 178 Å². The number of carbonyl (C=O) groups is 1. The number of hydrogen-bond donors (Lipinski definition) is 1. The molecule has 1 atom stereocenters. The maximum atomic E-state index is 13.0. The molecule has 0 aliphatic rings. The number of nitrogens with one attached hydrogen (secondary N) is 1. The van der Waals surface area contributed by atoms with Gasteiger partial charge in [-0.25, -0.2) is 0 Å². The molecule has 0 heterocycles. The maximum Gasteiger partial charge on any atom is 0.225 e. The van der Waals surface area contributed by atoms with Gasteiger partial charge in [-0.15, -0.1) is 0 Å². The topological polar surface area (TPSA) is 47.6 Å². The van der Waals surface area contributed by atoms with E-state index in [9.17, 15) is 4.79 Å². The molecule has 0 radical (unpaired) electrons. The molecule has 3 aromatic rings. The zero-order chi connectivity index (χ0) is 21.5. The van der Waals surface area contributed by atoms with Crippen LogP contribution in [0.1, 0.15) is 42.9 Å². The molecular formula is C26H29NO3. The highest BCUT2D eigenvalue weighted by atomic mass is 16.5. The number of ether oxygens (including phenoxy) is 2. The van der Waals surface area contributed by atoms with Crippen LogP contribution >= 0.6 is 0 Å². The van der Waals surface area contributed by atoms with Gasteiger partial charge in [-0.1, -0.05) is 48.5 Å². The van der Waals surface area contributed by atoms with Crippen molar-refractivity contribution in [2.45, 2.75) is 39.2 Å². The average Bonchev–Trinajstić information content (AvgIpc) is 2.74. The van der Waals surface area contributed by atoms with Crippen LogP contribution in [-0.4, -0.2) is 19.1 Å². The summed E-state index contributed by atoms with van der Waals surface area (Å²) in [5.74, 6) is 1.41. The van der Waals surface area contributed by atoms with Gasteiger partial charge >= 0.3 is 0 Å². The Kier molecular flexibility index (Phi) is 7.12. The number of rotatable bonds is 8. The summed E-state index contributed by atoms with van der Waals surface area (Å²) in [5, 5.41) is 3.05. The van der Waals surface area contributed by atoms with Gasteiger partial charge in [0.1, 0.15) is 11.5 Å². The molecule has 0 unspecified atom stereocenters. The zero-order valence-corrected chi connectivity index (χ0v) is 18.0. The van der Waals surface area contributed by atoms with Gasteiger partial charge in [0.15, 0.2) is 0 Å². The number of benzene rings is 3. The lowest BCUT2D eigenvalue weighted by atomic mass is 9.87. The van der Waals surface area contributed by atoms with E-state index in [1.165, 1.54) is 0 Å². The van der Waals surface area contributed by atoms with Gasteiger partial charge in [0.05, 0.1) is 13.2 Å². The summed E-state index contributed by atoms with van der Waals surface area (Å²) in [6.07, 6.45) is 0.416. The highest BCUT2D eigenvalue weighted by molar-refractivity contribution is 5.92. The minimum atomic E-state index is -0.140. The third kappa shape index (κ3) is 5.41. The van der Waals surface area contributed by atoms with Crippen LogP contribution in [0, 0.1) is 6.92 Å². The largest absolute Gasteiger partial charge is 0.496 e. The number of amides is 1. The zero-order valence-electron chi connectivity index (χ0n) is 18.0. The van der Waals surface area contributed by atoms with Crippen molar-refractivity contribution in [1.82, 2.24) is 0 Å². The van der Waals surface area contributed by atoms with Crippen molar-refractivity contribution in [3.63, 3.8) is 0 Å². The van der Waals surface area contributed by atoms with Gasteiger partial charge in [0.2, 0.25) is 5.91 Å². The molecule has 3 aromatic carbocycles. The molecule has 4 nitrogen and oxygen atoms in total. The van der Waals surface area contributed by atoms with Crippen LogP contribution in [0.2, 0.25) is 0 Å². The van der Waals surface area contributed by atoms with Gasteiger partial charge in [-0.05, 0) is 56.2 Å². The van der Waals surface area contributed by atoms with E-state index >= 15 is 0 Å². The second-order valence-corrected chi connectivity index (χ2v) is 7.60. The summed E-state index contributed by atoms with van der Waals surface area (Å²) in [4.78, 5) is 13.0. The molecular weight excluding hydrogens is 374 g/mol. The van der Waals surface area contributed by atoms with Crippen molar-refractivity contribution < 1.29 is 14.3 Å². The molecule has 0 aliphatic heterocycles. The van der Waals surface area contributed by atoms with E-state index in [2.05, 4.69) is 5.32 Å². The minimum Gasteiger partial charge on any atom is -0.496 e. The van der Waals surface area contributed by atoms with Crippen LogP contribution in [0.5, 0.6) is 11.5 Å². The molecule has 0 saturated carbocycles. The molecule has 0 spiro atoms. The predicted octanol–water partition coefficient (Wildman–Crippen LogP) is 5.95. The Hall–Kier alpha value is -3.27. The fourth-order valence-corrected chi connectivity index (χ4v) is 3.51. The van der Waals surface area contributed by atoms with E-state index in [1.54, 1.807) is 7.11 Å². The van der Waals surface area contributed by atoms with E-state index in [1.807, 2.05) is 93.6 Å². The van der Waals surface area contributed by atoms with E-state index in [-0.39, 0.29) is 17.9 Å². The molecule has 0 aromatic heterocycles. The highest BCUT2D eigenvalue weighted by Gasteiger charge is 2.22. The standard InChI is InChI=1S/C26H29NO3/c1-18(2)30-21-15-13-20(14-16-21)23(22-10-6-8-12-25(22)29-4)17-26(28)27-24-11-7-5-9-19(24)3/h5-16,18,23H,17H2,1-4H3,(H,27,28)/t23-/m0/s1. The van der Waals surface area contributed by atoms with E-state index < -0.39 is 0 Å². The van der Waals surface area contributed by atoms with Crippen LogP contribution in [0.25, 0.3) is 0 Å². The SMILES string of the molecule is COc1ccccc1[C@@H](CC(=O)Nc1ccccc1C)c1ccc(OC(C)C)cc1. The number of carbonyl (C=O) groups excluding carboxylic acids is 1. The van der Waals surface area contributed by atoms with Crippen molar-refractivity contribution in [1.29, 1.82) is 0 Å². The number of aryl methyl sites for hydroxylation is 1. The lowest BCUT2D eigenvalue weighted by Crippen LogP contribution is -2.17. The molecule has 0 saturated heterocycles. The number of para-hydroxylation sites is 2. The summed E-state index contributed by atoms with van der Waals surface area (Å²) < 4.78 is 11.4. The predicted molar refractivity (Wildman–Crippen MR) is 121 cm³/mol. The Morgan fingerprint density at radius 3 is 2.27 bits per heavy atom. The van der Waals surface area contributed by atoms with Gasteiger partial charge in [0, 0.05) is 23.6 Å². The Morgan fingerprint density at radius 2 is 1.60 bits per heavy atom. The molecule has 0 aliphatic carbocycles. The van der Waals surface area contributed by atoms with Crippen molar-refractivity contribution in [3.05, 3.63) is 89.5 Å². The van der Waals surface area contributed by atoms with Crippen LogP contribution in [0.4, 0.5) is 5.69 Å². The number of methoxy groups -OCH3 is 1. The molecule has 1 amide bonds. The first kappa shape index (κ1) is 21.4. The number of hydrogen-bond acceptors (Lipinski definition) is 3. The molecule has 30 heavy (non-hydrogen) atoms. The Bertz CT molecular complexity index is 980. The average molecular weight is 404 g/mol. The second kappa shape index (κ2) is 9.97. The van der Waals surface area contributed by atoms with E-state index in [0.717, 1.165) is 33.9 Å². The van der Waals surface area contributed by atoms with Crippen molar-refractivity contribution in [2.24, 2.45) is 0 Å². The van der Waals surface area contributed by atoms with Crippen molar-refractivity contribution in [2.75, 3.05) is 12.4 Å². The van der Waals surface area contributed by atoms with Crippen LogP contribution in [-0.2, 0) is 4.79 Å². The van der Waals surface area contributed by atoms with Gasteiger partial charge < -0.3 is 14.8 Å². The van der Waals surface area contributed by atoms with E-state index in [0.29, 0.717) is 6.42 Å². The first-order chi connectivity index (χ1) is 14.5. The third-order valence-corrected chi connectivity index (χ3v) is 4.98. The molecule has 0 bridgehead atoms. The monoisotopic (exact) mass is 403 g/mol. The quantitative estimate of drug-likeness (QED) is 0.505. The lowest BCUT2D eigenvalue weighted by Gasteiger charge is -2.21. The molecule has 156 valence electrons. The van der Waals surface area contributed by atoms with Crippen molar-refractivity contribution in [3.8, 4) is 11.5 Å². The summed E-state index contributed by atoms with van der Waals surface area (Å²) in [6.45, 7) is 5.99. The number of anilines is 1. The fourth-order valence-electron chi connectivity index (χ4n) is 3.51. The first-order valence-electron chi connectivity index (χ1n) is 10.2. The first-order valence-corrected chi connectivity index (χ1v) is 10.2. The smallest absolute Gasteiger partial charge is 0.225 e. The Balaban J connectivity index is 1.90. The minimum absolute atomic E-state index is 0.0392. The van der Waals surface area contributed by atoms with Crippen molar-refractivity contribution >= 4 is 11.6 Å². The molecule has 0 fully saturated rings. The van der Waals surface area contributed by atoms with Gasteiger partial charge in [0.25, 0.3) is 0 Å². The summed E-state index contributed by atoms with van der Waals surface area (Å²) >= 11 is 0. The molecule has 1 N–H and O–H groups in total. The van der Waals surface area contributed by atoms with Crippen LogP contribution in [0.15, 0.2) is 72.8 Å². The normalized spacial score (nSPS) is 11.8. The third-order valence-electron chi connectivity index (χ3n) is 4.98. The van der Waals surface area contributed by atoms with Gasteiger partial charge in [-0.2, -0.15) is 0 Å². The van der Waals surface area contributed by atoms with Crippen LogP contribution in [0.3, 0.4) is 0 Å². The highest BCUT2D eigenvalue weighted by Crippen LogP contribution is 2.35. The van der Waals surface area contributed by atoms with Crippen LogP contribution < -0.4 is 14.8 Å². The fraction of sp³-hybridized carbons (Fsp3) is 0.269. The van der Waals surface area contributed by atoms with Gasteiger partial charge in [-0.3, -0.25) is 4.79 Å². The summed E-state index contributed by atoms with van der Waals surface area (Å²) in [6, 6.07) is 23.6.